The molecule has 3 aromatic rings. The average Bonchev–Trinajstić information content (AvgIpc) is 3.23. The molecule has 1 aliphatic rings. The van der Waals surface area contributed by atoms with Crippen molar-refractivity contribution >= 4 is 33.0 Å². The lowest BCUT2D eigenvalue weighted by Gasteiger charge is -2.40. The first kappa shape index (κ1) is 24.9. The van der Waals surface area contributed by atoms with Gasteiger partial charge in [-0.25, -0.2) is 32.2 Å². The summed E-state index contributed by atoms with van der Waals surface area (Å²) in [5.41, 5.74) is 0.840. The summed E-state index contributed by atoms with van der Waals surface area (Å²) < 4.78 is 27.7. The summed E-state index contributed by atoms with van der Waals surface area (Å²) in [6.07, 6.45) is 4.53. The number of carboxylic acid groups (broad SMARTS) is 1. The number of carbonyl (C=O) groups is 1. The fourth-order valence-electron chi connectivity index (χ4n) is 4.81. The van der Waals surface area contributed by atoms with E-state index in [1.807, 2.05) is 32.8 Å². The maximum atomic E-state index is 13.3. The summed E-state index contributed by atoms with van der Waals surface area (Å²) in [6, 6.07) is 8.48. The number of rotatable bonds is 7. The van der Waals surface area contributed by atoms with Gasteiger partial charge in [0.25, 0.3) is 10.0 Å². The molecule has 3 heterocycles. The number of anilines is 1. The first-order chi connectivity index (χ1) is 16.5. The average molecular weight is 501 g/mol. The third-order valence-corrected chi connectivity index (χ3v) is 8.25. The van der Waals surface area contributed by atoms with Crippen LogP contribution in [0.5, 0.6) is 0 Å². The molecule has 11 heteroatoms. The Morgan fingerprint density at radius 2 is 1.83 bits per heavy atom. The molecule has 0 saturated carbocycles. The predicted octanol–water partition coefficient (Wildman–Crippen LogP) is 3.48. The summed E-state index contributed by atoms with van der Waals surface area (Å²) in [5.74, 6) is 1.05. The van der Waals surface area contributed by atoms with Crippen molar-refractivity contribution in [2.75, 3.05) is 25.1 Å². The van der Waals surface area contributed by atoms with E-state index in [4.69, 9.17) is 5.11 Å². The van der Waals surface area contributed by atoms with Crippen LogP contribution in [-0.2, 0) is 10.0 Å². The van der Waals surface area contributed by atoms with Gasteiger partial charge in [0.2, 0.25) is 0 Å². The Kier molecular flexibility index (Phi) is 6.74. The number of hydrogen-bond donors (Lipinski definition) is 2. The minimum absolute atomic E-state index is 0.205. The summed E-state index contributed by atoms with van der Waals surface area (Å²) in [6.45, 7) is 7.31. The van der Waals surface area contributed by atoms with E-state index in [1.54, 1.807) is 30.3 Å². The standard InChI is InChI=1S/C24H32N6O4S/c1-17-5-7-19(8-6-17)35(33,34)30-14-11-20-21(25-16-26-22(20)30)28(4)29-12-9-18(10-13-29)15-24(2,3)27-23(31)32/h5-8,11,14,16,18,27H,9-10,12-13,15H2,1-4H3,(H,31,32). The van der Waals surface area contributed by atoms with Crippen LogP contribution in [0.4, 0.5) is 10.6 Å². The molecule has 0 atom stereocenters. The number of nitrogens with one attached hydrogen (secondary N) is 1. The van der Waals surface area contributed by atoms with Crippen molar-refractivity contribution in [1.29, 1.82) is 0 Å². The molecule has 0 radical (unpaired) electrons. The van der Waals surface area contributed by atoms with Crippen LogP contribution in [0.2, 0.25) is 0 Å². The third-order valence-electron chi connectivity index (χ3n) is 6.57. The summed E-state index contributed by atoms with van der Waals surface area (Å²) in [5, 5.41) is 16.5. The van der Waals surface area contributed by atoms with Crippen LogP contribution in [0.25, 0.3) is 11.0 Å². The summed E-state index contributed by atoms with van der Waals surface area (Å²) in [4.78, 5) is 20.0. The molecule has 0 aliphatic carbocycles. The highest BCUT2D eigenvalue weighted by atomic mass is 32.2. The van der Waals surface area contributed by atoms with Gasteiger partial charge in [-0.05, 0) is 64.2 Å². The number of aryl methyl sites for hydroxylation is 1. The van der Waals surface area contributed by atoms with Gasteiger partial charge in [-0.1, -0.05) is 17.7 Å². The number of benzene rings is 1. The van der Waals surface area contributed by atoms with E-state index in [9.17, 15) is 13.2 Å². The molecule has 0 unspecified atom stereocenters. The molecule has 1 saturated heterocycles. The molecule has 1 aliphatic heterocycles. The SMILES string of the molecule is Cc1ccc(S(=O)(=O)n2ccc3c(N(C)N4CCC(CC(C)(C)NC(=O)O)CC4)ncnc32)cc1. The highest BCUT2D eigenvalue weighted by Crippen LogP contribution is 2.31. The molecule has 1 amide bonds. The molecule has 2 aromatic heterocycles. The lowest BCUT2D eigenvalue weighted by molar-refractivity contribution is 0.144. The monoisotopic (exact) mass is 500 g/mol. The van der Waals surface area contributed by atoms with Crippen molar-refractivity contribution < 1.29 is 18.3 Å². The van der Waals surface area contributed by atoms with E-state index in [0.29, 0.717) is 22.8 Å². The van der Waals surface area contributed by atoms with Gasteiger partial charge < -0.3 is 10.4 Å². The lowest BCUT2D eigenvalue weighted by atomic mass is 9.85. The number of fused-ring (bicyclic) bond motifs is 1. The lowest BCUT2D eigenvalue weighted by Crippen LogP contribution is -2.48. The highest BCUT2D eigenvalue weighted by molar-refractivity contribution is 7.90. The predicted molar refractivity (Wildman–Crippen MR) is 134 cm³/mol. The van der Waals surface area contributed by atoms with E-state index in [2.05, 4.69) is 20.3 Å². The van der Waals surface area contributed by atoms with Gasteiger partial charge >= 0.3 is 6.09 Å². The first-order valence-electron chi connectivity index (χ1n) is 11.6. The van der Waals surface area contributed by atoms with E-state index in [-0.39, 0.29) is 4.90 Å². The smallest absolute Gasteiger partial charge is 0.405 e. The first-order valence-corrected chi connectivity index (χ1v) is 13.1. The zero-order valence-corrected chi connectivity index (χ0v) is 21.3. The molecule has 1 fully saturated rings. The van der Waals surface area contributed by atoms with Crippen LogP contribution in [0.3, 0.4) is 0 Å². The number of nitrogens with zero attached hydrogens (tertiary/aromatic N) is 5. The largest absolute Gasteiger partial charge is 0.465 e. The molecule has 0 bridgehead atoms. The normalized spacial score (nSPS) is 15.9. The zero-order valence-electron chi connectivity index (χ0n) is 20.5. The molecular weight excluding hydrogens is 468 g/mol. The maximum Gasteiger partial charge on any atom is 0.405 e. The Hall–Kier alpha value is -3.18. The topological polar surface area (TPSA) is 121 Å². The van der Waals surface area contributed by atoms with Crippen LogP contribution < -0.4 is 10.3 Å². The van der Waals surface area contributed by atoms with Gasteiger partial charge in [0.1, 0.15) is 6.33 Å². The van der Waals surface area contributed by atoms with Crippen LogP contribution in [0.1, 0.15) is 38.7 Å². The van der Waals surface area contributed by atoms with E-state index >= 15 is 0 Å². The van der Waals surface area contributed by atoms with Crippen LogP contribution >= 0.6 is 0 Å². The molecule has 0 spiro atoms. The van der Waals surface area contributed by atoms with Gasteiger partial charge in [0.15, 0.2) is 11.5 Å². The Morgan fingerprint density at radius 3 is 2.46 bits per heavy atom. The zero-order chi connectivity index (χ0) is 25.4. The van der Waals surface area contributed by atoms with Crippen molar-refractivity contribution in [2.45, 2.75) is 50.5 Å². The van der Waals surface area contributed by atoms with Gasteiger partial charge in [0.05, 0.1) is 10.3 Å². The summed E-state index contributed by atoms with van der Waals surface area (Å²) in [7, 11) is -1.87. The summed E-state index contributed by atoms with van der Waals surface area (Å²) >= 11 is 0. The van der Waals surface area contributed by atoms with Crippen LogP contribution in [0.15, 0.2) is 47.8 Å². The van der Waals surface area contributed by atoms with E-state index < -0.39 is 21.7 Å². The molecule has 188 valence electrons. The fraction of sp³-hybridized carbons (Fsp3) is 0.458. The number of piperidine rings is 1. The third kappa shape index (κ3) is 5.25. The second-order valence-corrected chi connectivity index (χ2v) is 11.6. The minimum atomic E-state index is -3.79. The van der Waals surface area contributed by atoms with Crippen molar-refractivity contribution in [2.24, 2.45) is 5.92 Å². The molecule has 10 nitrogen and oxygen atoms in total. The Balaban J connectivity index is 1.52. The molecular formula is C24H32N6O4S. The Labute approximate surface area is 205 Å². The van der Waals surface area contributed by atoms with Crippen molar-refractivity contribution in [3.05, 3.63) is 48.4 Å². The Morgan fingerprint density at radius 1 is 1.17 bits per heavy atom. The number of aromatic nitrogens is 3. The number of hydrogen-bond acceptors (Lipinski definition) is 7. The van der Waals surface area contributed by atoms with Crippen LogP contribution in [-0.4, -0.2) is 64.2 Å². The van der Waals surface area contributed by atoms with Crippen LogP contribution in [0, 0.1) is 12.8 Å². The van der Waals surface area contributed by atoms with Crippen molar-refractivity contribution in [3.8, 4) is 0 Å². The van der Waals surface area contributed by atoms with Crippen molar-refractivity contribution in [1.82, 2.24) is 24.3 Å². The minimum Gasteiger partial charge on any atom is -0.465 e. The second-order valence-electron chi connectivity index (χ2n) is 9.80. The van der Waals surface area contributed by atoms with Gasteiger partial charge in [-0.2, -0.15) is 0 Å². The maximum absolute atomic E-state index is 13.3. The fourth-order valence-corrected chi connectivity index (χ4v) is 6.11. The molecule has 2 N–H and O–H groups in total. The number of hydrazine groups is 1. The van der Waals surface area contributed by atoms with Gasteiger partial charge in [-0.3, -0.25) is 5.01 Å². The quantitative estimate of drug-likeness (QED) is 0.506. The van der Waals surface area contributed by atoms with Crippen molar-refractivity contribution in [3.63, 3.8) is 0 Å². The van der Waals surface area contributed by atoms with E-state index in [0.717, 1.165) is 37.9 Å². The molecule has 35 heavy (non-hydrogen) atoms. The Bertz CT molecular complexity index is 1310. The second kappa shape index (κ2) is 9.46. The highest BCUT2D eigenvalue weighted by Gasteiger charge is 2.30. The van der Waals surface area contributed by atoms with E-state index in [1.165, 1.54) is 16.5 Å². The molecule has 1 aromatic carbocycles. The van der Waals surface area contributed by atoms with Gasteiger partial charge in [-0.15, -0.1) is 0 Å². The van der Waals surface area contributed by atoms with Gasteiger partial charge in [0, 0.05) is 31.9 Å². The number of amides is 1. The molecule has 4 rings (SSSR count).